The molecule has 0 aliphatic heterocycles. The van der Waals surface area contributed by atoms with E-state index >= 15 is 0 Å². The van der Waals surface area contributed by atoms with Crippen LogP contribution in [0.3, 0.4) is 0 Å². The van der Waals surface area contributed by atoms with Crippen molar-refractivity contribution in [2.75, 3.05) is 13.6 Å². The monoisotopic (exact) mass is 319 g/mol. The van der Waals surface area contributed by atoms with Gasteiger partial charge in [0, 0.05) is 16.9 Å². The van der Waals surface area contributed by atoms with Gasteiger partial charge in [-0.05, 0) is 48.9 Å². The molecule has 0 saturated carbocycles. The van der Waals surface area contributed by atoms with E-state index in [1.165, 1.54) is 5.56 Å². The Hall–Kier alpha value is -1.32. The molecule has 2 aromatic carbocycles. The first-order valence-electron chi connectivity index (χ1n) is 6.37. The molecule has 100 valence electrons. The third-order valence-electron chi connectivity index (χ3n) is 3.16. The standard InChI is InChI=1S/C16H18BrNO/c1-18-11-14(13-5-3-6-15(17)10-13)8-12-4-2-7-16(19)9-12/h2-7,9-10,14,18-19H,8,11H2,1H3. The SMILES string of the molecule is CNCC(Cc1cccc(O)c1)c1cccc(Br)c1. The molecule has 19 heavy (non-hydrogen) atoms. The number of hydrogen-bond acceptors (Lipinski definition) is 2. The molecule has 3 heteroatoms. The van der Waals surface area contributed by atoms with E-state index in [4.69, 9.17) is 0 Å². The number of aromatic hydroxyl groups is 1. The Balaban J connectivity index is 2.21. The molecule has 1 unspecified atom stereocenters. The Labute approximate surface area is 122 Å². The molecule has 0 radical (unpaired) electrons. The second-order valence-corrected chi connectivity index (χ2v) is 5.60. The first kappa shape index (κ1) is 14.1. The molecule has 0 fully saturated rings. The van der Waals surface area contributed by atoms with Crippen molar-refractivity contribution in [3.8, 4) is 5.75 Å². The third kappa shape index (κ3) is 4.08. The van der Waals surface area contributed by atoms with E-state index in [2.05, 4.69) is 45.5 Å². The molecular formula is C16H18BrNO. The lowest BCUT2D eigenvalue weighted by atomic mass is 9.92. The predicted octanol–water partition coefficient (Wildman–Crippen LogP) is 3.70. The molecule has 2 aromatic rings. The van der Waals surface area contributed by atoms with Crippen LogP contribution >= 0.6 is 15.9 Å². The Morgan fingerprint density at radius 3 is 2.63 bits per heavy atom. The van der Waals surface area contributed by atoms with Crippen LogP contribution in [0.25, 0.3) is 0 Å². The number of hydrogen-bond donors (Lipinski definition) is 2. The van der Waals surface area contributed by atoms with Gasteiger partial charge < -0.3 is 10.4 Å². The third-order valence-corrected chi connectivity index (χ3v) is 3.66. The van der Waals surface area contributed by atoms with Crippen LogP contribution in [0.2, 0.25) is 0 Å². The van der Waals surface area contributed by atoms with Crippen molar-refractivity contribution < 1.29 is 5.11 Å². The quantitative estimate of drug-likeness (QED) is 0.880. The van der Waals surface area contributed by atoms with Gasteiger partial charge in [-0.15, -0.1) is 0 Å². The van der Waals surface area contributed by atoms with Crippen LogP contribution in [-0.2, 0) is 6.42 Å². The van der Waals surface area contributed by atoms with Crippen molar-refractivity contribution in [1.82, 2.24) is 5.32 Å². The molecule has 0 aliphatic carbocycles. The summed E-state index contributed by atoms with van der Waals surface area (Å²) in [7, 11) is 1.97. The predicted molar refractivity (Wildman–Crippen MR) is 82.6 cm³/mol. The summed E-state index contributed by atoms with van der Waals surface area (Å²) >= 11 is 3.52. The highest BCUT2D eigenvalue weighted by atomic mass is 79.9. The molecule has 2 rings (SSSR count). The van der Waals surface area contributed by atoms with E-state index in [9.17, 15) is 5.11 Å². The number of rotatable bonds is 5. The van der Waals surface area contributed by atoms with Gasteiger partial charge >= 0.3 is 0 Å². The summed E-state index contributed by atoms with van der Waals surface area (Å²) in [5, 5.41) is 12.8. The van der Waals surface area contributed by atoms with Crippen molar-refractivity contribution >= 4 is 15.9 Å². The average Bonchev–Trinajstić information content (AvgIpc) is 2.38. The summed E-state index contributed by atoms with van der Waals surface area (Å²) in [6, 6.07) is 15.9. The van der Waals surface area contributed by atoms with Crippen molar-refractivity contribution in [2.24, 2.45) is 0 Å². The molecule has 2 N–H and O–H groups in total. The first-order chi connectivity index (χ1) is 9.19. The lowest BCUT2D eigenvalue weighted by Crippen LogP contribution is -2.19. The maximum absolute atomic E-state index is 9.55. The van der Waals surface area contributed by atoms with Gasteiger partial charge in [-0.2, -0.15) is 0 Å². The Morgan fingerprint density at radius 1 is 1.16 bits per heavy atom. The molecule has 0 aliphatic rings. The van der Waals surface area contributed by atoms with E-state index < -0.39 is 0 Å². The number of benzene rings is 2. The normalized spacial score (nSPS) is 12.3. The zero-order valence-corrected chi connectivity index (χ0v) is 12.5. The zero-order valence-electron chi connectivity index (χ0n) is 10.9. The van der Waals surface area contributed by atoms with E-state index in [0.717, 1.165) is 23.0 Å². The molecule has 0 spiro atoms. The first-order valence-corrected chi connectivity index (χ1v) is 7.16. The van der Waals surface area contributed by atoms with E-state index in [0.29, 0.717) is 11.7 Å². The Bertz CT molecular complexity index is 542. The van der Waals surface area contributed by atoms with Crippen molar-refractivity contribution in [2.45, 2.75) is 12.3 Å². The molecule has 2 nitrogen and oxygen atoms in total. The number of phenols is 1. The van der Waals surface area contributed by atoms with Crippen LogP contribution in [0.15, 0.2) is 53.0 Å². The average molecular weight is 320 g/mol. The minimum Gasteiger partial charge on any atom is -0.508 e. The Morgan fingerprint density at radius 2 is 1.95 bits per heavy atom. The summed E-state index contributed by atoms with van der Waals surface area (Å²) in [5.41, 5.74) is 2.45. The second kappa shape index (κ2) is 6.73. The van der Waals surface area contributed by atoms with E-state index in [1.54, 1.807) is 6.07 Å². The summed E-state index contributed by atoms with van der Waals surface area (Å²) in [5.74, 6) is 0.722. The van der Waals surface area contributed by atoms with Gasteiger partial charge in [-0.1, -0.05) is 40.2 Å². The lowest BCUT2D eigenvalue weighted by Gasteiger charge is -2.17. The molecule has 0 aromatic heterocycles. The topological polar surface area (TPSA) is 32.3 Å². The number of likely N-dealkylation sites (N-methyl/N-ethyl adjacent to an activating group) is 1. The van der Waals surface area contributed by atoms with Gasteiger partial charge in [0.25, 0.3) is 0 Å². The van der Waals surface area contributed by atoms with Crippen LogP contribution in [0.5, 0.6) is 5.75 Å². The highest BCUT2D eigenvalue weighted by Gasteiger charge is 2.12. The van der Waals surface area contributed by atoms with E-state index in [1.807, 2.05) is 25.2 Å². The van der Waals surface area contributed by atoms with Crippen LogP contribution in [0, 0.1) is 0 Å². The fourth-order valence-electron chi connectivity index (χ4n) is 2.28. The molecule has 0 amide bonds. The molecule has 0 heterocycles. The summed E-state index contributed by atoms with van der Waals surface area (Å²) in [4.78, 5) is 0. The number of halogens is 1. The van der Waals surface area contributed by atoms with Gasteiger partial charge in [-0.25, -0.2) is 0 Å². The summed E-state index contributed by atoms with van der Waals surface area (Å²) in [6.07, 6.45) is 0.908. The molecule has 1 atom stereocenters. The van der Waals surface area contributed by atoms with Crippen LogP contribution in [0.4, 0.5) is 0 Å². The van der Waals surface area contributed by atoms with Crippen LogP contribution < -0.4 is 5.32 Å². The maximum Gasteiger partial charge on any atom is 0.115 e. The van der Waals surface area contributed by atoms with Crippen molar-refractivity contribution in [1.29, 1.82) is 0 Å². The van der Waals surface area contributed by atoms with Crippen molar-refractivity contribution in [3.05, 3.63) is 64.1 Å². The van der Waals surface area contributed by atoms with Gasteiger partial charge in [0.15, 0.2) is 0 Å². The van der Waals surface area contributed by atoms with Crippen LogP contribution in [-0.4, -0.2) is 18.7 Å². The molecule has 0 bridgehead atoms. The smallest absolute Gasteiger partial charge is 0.115 e. The lowest BCUT2D eigenvalue weighted by molar-refractivity contribution is 0.474. The number of phenolic OH excluding ortho intramolecular Hbond substituents is 1. The van der Waals surface area contributed by atoms with Gasteiger partial charge in [0.2, 0.25) is 0 Å². The minimum atomic E-state index is 0.329. The molecular weight excluding hydrogens is 302 g/mol. The summed E-state index contributed by atoms with van der Waals surface area (Å²) in [6.45, 7) is 0.909. The largest absolute Gasteiger partial charge is 0.508 e. The van der Waals surface area contributed by atoms with Gasteiger partial charge in [-0.3, -0.25) is 0 Å². The highest BCUT2D eigenvalue weighted by Crippen LogP contribution is 2.24. The minimum absolute atomic E-state index is 0.329. The summed E-state index contributed by atoms with van der Waals surface area (Å²) < 4.78 is 1.10. The maximum atomic E-state index is 9.55. The Kier molecular flexibility index (Phi) is 5.00. The zero-order chi connectivity index (χ0) is 13.7. The fourth-order valence-corrected chi connectivity index (χ4v) is 2.70. The van der Waals surface area contributed by atoms with Crippen LogP contribution in [0.1, 0.15) is 17.0 Å². The van der Waals surface area contributed by atoms with Gasteiger partial charge in [0.05, 0.1) is 0 Å². The van der Waals surface area contributed by atoms with Crippen molar-refractivity contribution in [3.63, 3.8) is 0 Å². The highest BCUT2D eigenvalue weighted by molar-refractivity contribution is 9.10. The second-order valence-electron chi connectivity index (χ2n) is 4.68. The van der Waals surface area contributed by atoms with Gasteiger partial charge in [0.1, 0.15) is 5.75 Å². The number of nitrogens with one attached hydrogen (secondary N) is 1. The molecule has 0 saturated heterocycles. The fraction of sp³-hybridized carbons (Fsp3) is 0.250. The van der Waals surface area contributed by atoms with E-state index in [-0.39, 0.29) is 0 Å².